The van der Waals surface area contributed by atoms with E-state index in [4.69, 9.17) is 0 Å². The normalized spacial score (nSPS) is 25.3. The van der Waals surface area contributed by atoms with Crippen molar-refractivity contribution in [2.45, 2.75) is 46.1 Å². The molecular weight excluding hydrogens is 304 g/mol. The molecule has 4 heteroatoms. The fourth-order valence-electron chi connectivity index (χ4n) is 3.16. The first-order valence-electron chi connectivity index (χ1n) is 6.91. The second kappa shape index (κ2) is 5.80. The van der Waals surface area contributed by atoms with E-state index >= 15 is 0 Å². The number of aryl methyl sites for hydroxylation is 2. The molecule has 3 nitrogen and oxygen atoms in total. The van der Waals surface area contributed by atoms with Crippen LogP contribution in [-0.2, 0) is 13.5 Å². The van der Waals surface area contributed by atoms with Gasteiger partial charge < -0.3 is 5.11 Å². The highest BCUT2D eigenvalue weighted by atomic mass is 79.9. The molecule has 3 unspecified atom stereocenters. The summed E-state index contributed by atoms with van der Waals surface area (Å²) in [6.07, 6.45) is 4.79. The largest absolute Gasteiger partial charge is 0.392 e. The maximum atomic E-state index is 10.5. The first-order valence-corrected chi connectivity index (χ1v) is 7.71. The third-order valence-electron chi connectivity index (χ3n) is 4.04. The molecular formula is C15H23BrN2O. The molecule has 0 saturated carbocycles. The van der Waals surface area contributed by atoms with Crippen molar-refractivity contribution in [3.63, 3.8) is 0 Å². The Morgan fingerprint density at radius 2 is 2.21 bits per heavy atom. The summed E-state index contributed by atoms with van der Waals surface area (Å²) in [6, 6.07) is 0. The average molecular weight is 327 g/mol. The van der Waals surface area contributed by atoms with Gasteiger partial charge in [0.1, 0.15) is 0 Å². The van der Waals surface area contributed by atoms with Crippen molar-refractivity contribution in [2.75, 3.05) is 0 Å². The molecule has 0 fully saturated rings. The Kier molecular flexibility index (Phi) is 4.51. The molecule has 0 saturated heterocycles. The zero-order valence-corrected chi connectivity index (χ0v) is 13.7. The highest BCUT2D eigenvalue weighted by Crippen LogP contribution is 2.32. The summed E-state index contributed by atoms with van der Waals surface area (Å²) in [7, 11) is 1.94. The Balaban J connectivity index is 2.09. The summed E-state index contributed by atoms with van der Waals surface area (Å²) in [5, 5.41) is 14.9. The Morgan fingerprint density at radius 1 is 1.53 bits per heavy atom. The van der Waals surface area contributed by atoms with Crippen LogP contribution in [0.4, 0.5) is 0 Å². The van der Waals surface area contributed by atoms with E-state index in [1.165, 1.54) is 5.57 Å². The number of aromatic nitrogens is 2. The van der Waals surface area contributed by atoms with Gasteiger partial charge in [0.15, 0.2) is 0 Å². The fraction of sp³-hybridized carbons (Fsp3) is 0.667. The van der Waals surface area contributed by atoms with Crippen LogP contribution < -0.4 is 0 Å². The Morgan fingerprint density at radius 3 is 2.74 bits per heavy atom. The number of rotatable bonds is 3. The molecule has 0 amide bonds. The minimum Gasteiger partial charge on any atom is -0.392 e. The standard InChI is InChI=1S/C15H23BrN2O/c1-9-5-10(2)7-12(6-9)14(19)8-13-15(16)11(3)17-18(13)4/h5,9,12,14,19H,6-8H2,1-4H3. The molecule has 0 aromatic carbocycles. The molecule has 0 aliphatic heterocycles. The number of aliphatic hydroxyl groups excluding tert-OH is 1. The maximum absolute atomic E-state index is 10.5. The van der Waals surface area contributed by atoms with Crippen LogP contribution in [0, 0.1) is 18.8 Å². The molecule has 1 aromatic heterocycles. The van der Waals surface area contributed by atoms with Crippen LogP contribution in [0.3, 0.4) is 0 Å². The average Bonchev–Trinajstić information content (AvgIpc) is 2.54. The van der Waals surface area contributed by atoms with E-state index < -0.39 is 0 Å². The second-order valence-electron chi connectivity index (χ2n) is 5.93. The van der Waals surface area contributed by atoms with Crippen LogP contribution >= 0.6 is 15.9 Å². The molecule has 1 aliphatic carbocycles. The van der Waals surface area contributed by atoms with Crippen molar-refractivity contribution in [3.8, 4) is 0 Å². The molecule has 1 aromatic rings. The smallest absolute Gasteiger partial charge is 0.0738 e. The predicted octanol–water partition coefficient (Wildman–Crippen LogP) is 3.39. The Labute approximate surface area is 123 Å². The van der Waals surface area contributed by atoms with E-state index in [-0.39, 0.29) is 6.10 Å². The van der Waals surface area contributed by atoms with Gasteiger partial charge in [-0.15, -0.1) is 0 Å². The second-order valence-corrected chi connectivity index (χ2v) is 6.72. The molecule has 106 valence electrons. The number of nitrogens with zero attached hydrogens (tertiary/aromatic N) is 2. The van der Waals surface area contributed by atoms with E-state index in [1.807, 2.05) is 18.7 Å². The van der Waals surface area contributed by atoms with Crippen LogP contribution in [0.15, 0.2) is 16.1 Å². The number of hydrogen-bond acceptors (Lipinski definition) is 2. The molecule has 3 atom stereocenters. The van der Waals surface area contributed by atoms with Crippen molar-refractivity contribution < 1.29 is 5.11 Å². The van der Waals surface area contributed by atoms with Crippen LogP contribution in [0.2, 0.25) is 0 Å². The zero-order chi connectivity index (χ0) is 14.2. The summed E-state index contributed by atoms with van der Waals surface area (Å²) < 4.78 is 2.91. The van der Waals surface area contributed by atoms with Crippen LogP contribution in [0.1, 0.15) is 38.1 Å². The monoisotopic (exact) mass is 326 g/mol. The van der Waals surface area contributed by atoms with E-state index in [9.17, 15) is 5.11 Å². The lowest BCUT2D eigenvalue weighted by molar-refractivity contribution is 0.0913. The van der Waals surface area contributed by atoms with Gasteiger partial charge in [0, 0.05) is 13.5 Å². The van der Waals surface area contributed by atoms with Crippen molar-refractivity contribution in [1.82, 2.24) is 9.78 Å². The molecule has 2 rings (SSSR count). The van der Waals surface area contributed by atoms with Gasteiger partial charge >= 0.3 is 0 Å². The van der Waals surface area contributed by atoms with Crippen molar-refractivity contribution in [1.29, 1.82) is 0 Å². The molecule has 1 heterocycles. The Hall–Kier alpha value is -0.610. The third-order valence-corrected chi connectivity index (χ3v) is 5.07. The predicted molar refractivity (Wildman–Crippen MR) is 81.0 cm³/mol. The highest BCUT2D eigenvalue weighted by Gasteiger charge is 2.26. The quantitative estimate of drug-likeness (QED) is 0.864. The molecule has 0 spiro atoms. The topological polar surface area (TPSA) is 38.1 Å². The number of halogens is 1. The summed E-state index contributed by atoms with van der Waals surface area (Å²) in [5.74, 6) is 0.937. The van der Waals surface area contributed by atoms with Gasteiger partial charge in [0.05, 0.1) is 22.0 Å². The van der Waals surface area contributed by atoms with Gasteiger partial charge in [0.2, 0.25) is 0 Å². The molecule has 0 bridgehead atoms. The minimum absolute atomic E-state index is 0.294. The van der Waals surface area contributed by atoms with Crippen LogP contribution in [0.5, 0.6) is 0 Å². The maximum Gasteiger partial charge on any atom is 0.0738 e. The number of hydrogen-bond donors (Lipinski definition) is 1. The Bertz CT molecular complexity index is 493. The van der Waals surface area contributed by atoms with E-state index in [0.29, 0.717) is 18.3 Å². The van der Waals surface area contributed by atoms with E-state index in [0.717, 1.165) is 28.7 Å². The lowest BCUT2D eigenvalue weighted by atomic mass is 9.79. The first-order chi connectivity index (χ1) is 8.88. The molecule has 0 radical (unpaired) electrons. The third kappa shape index (κ3) is 3.29. The first kappa shape index (κ1) is 14.8. The van der Waals surface area contributed by atoms with Crippen LogP contribution in [-0.4, -0.2) is 21.0 Å². The van der Waals surface area contributed by atoms with Gasteiger partial charge in [-0.3, -0.25) is 4.68 Å². The van der Waals surface area contributed by atoms with Gasteiger partial charge in [0.25, 0.3) is 0 Å². The lowest BCUT2D eigenvalue weighted by Gasteiger charge is -2.29. The van der Waals surface area contributed by atoms with E-state index in [2.05, 4.69) is 41.0 Å². The van der Waals surface area contributed by atoms with Gasteiger partial charge in [-0.2, -0.15) is 5.10 Å². The van der Waals surface area contributed by atoms with Crippen molar-refractivity contribution in [2.24, 2.45) is 18.9 Å². The zero-order valence-electron chi connectivity index (χ0n) is 12.2. The fourth-order valence-corrected chi connectivity index (χ4v) is 3.65. The number of allylic oxidation sites excluding steroid dienone is 2. The summed E-state index contributed by atoms with van der Waals surface area (Å²) in [4.78, 5) is 0. The summed E-state index contributed by atoms with van der Waals surface area (Å²) in [5.41, 5.74) is 3.48. The summed E-state index contributed by atoms with van der Waals surface area (Å²) in [6.45, 7) is 6.38. The molecule has 1 aliphatic rings. The summed E-state index contributed by atoms with van der Waals surface area (Å²) >= 11 is 3.57. The van der Waals surface area contributed by atoms with Gasteiger partial charge in [-0.05, 0) is 54.5 Å². The SMILES string of the molecule is CC1=CC(C)CC(C(O)Cc2c(Br)c(C)nn2C)C1. The lowest BCUT2D eigenvalue weighted by Crippen LogP contribution is -2.28. The van der Waals surface area contributed by atoms with Gasteiger partial charge in [-0.1, -0.05) is 18.6 Å². The van der Waals surface area contributed by atoms with E-state index in [1.54, 1.807) is 0 Å². The van der Waals surface area contributed by atoms with Crippen molar-refractivity contribution >= 4 is 15.9 Å². The minimum atomic E-state index is -0.294. The van der Waals surface area contributed by atoms with Crippen LogP contribution in [0.25, 0.3) is 0 Å². The highest BCUT2D eigenvalue weighted by molar-refractivity contribution is 9.10. The molecule has 19 heavy (non-hydrogen) atoms. The molecule has 1 N–H and O–H groups in total. The number of aliphatic hydroxyl groups is 1. The van der Waals surface area contributed by atoms with Crippen molar-refractivity contribution in [3.05, 3.63) is 27.5 Å². The van der Waals surface area contributed by atoms with Gasteiger partial charge in [-0.25, -0.2) is 0 Å².